The van der Waals surface area contributed by atoms with Crippen LogP contribution in [0.15, 0.2) is 47.4 Å². The molecule has 0 aromatic heterocycles. The quantitative estimate of drug-likeness (QED) is 0.876. The van der Waals surface area contributed by atoms with Crippen molar-refractivity contribution >= 4 is 33.0 Å². The summed E-state index contributed by atoms with van der Waals surface area (Å²) < 4.78 is 27.1. The molecule has 0 heterocycles. The molecule has 6 heteroatoms. The van der Waals surface area contributed by atoms with E-state index in [1.807, 2.05) is 6.07 Å². The molecular weight excluding hydrogens is 308 g/mol. The Morgan fingerprint density at radius 3 is 2.38 bits per heavy atom. The van der Waals surface area contributed by atoms with Crippen LogP contribution in [0, 0.1) is 6.92 Å². The van der Waals surface area contributed by atoms with Crippen LogP contribution in [0.5, 0.6) is 0 Å². The molecular formula is C15H17ClN2O2S. The molecule has 0 radical (unpaired) electrons. The van der Waals surface area contributed by atoms with Gasteiger partial charge in [-0.15, -0.1) is 0 Å². The number of nitrogens with two attached hydrogens (primary N) is 1. The zero-order valence-electron chi connectivity index (χ0n) is 11.9. The molecule has 2 rings (SSSR count). The Kier molecular flexibility index (Phi) is 4.44. The SMILES string of the molecule is CCN(c1ccccc1)S(=O)(=O)c1cc(Cl)cc(N)c1C. The lowest BCUT2D eigenvalue weighted by Crippen LogP contribution is -2.31. The fraction of sp³-hybridized carbons (Fsp3) is 0.200. The number of nitrogens with zero attached hydrogens (tertiary/aromatic N) is 1. The predicted molar refractivity (Wildman–Crippen MR) is 87.2 cm³/mol. The maximum Gasteiger partial charge on any atom is 0.264 e. The van der Waals surface area contributed by atoms with Crippen LogP contribution in [-0.2, 0) is 10.0 Å². The van der Waals surface area contributed by atoms with Crippen LogP contribution < -0.4 is 10.0 Å². The molecule has 0 aliphatic rings. The normalized spacial score (nSPS) is 11.4. The minimum absolute atomic E-state index is 0.137. The molecule has 0 amide bonds. The molecule has 0 fully saturated rings. The van der Waals surface area contributed by atoms with E-state index in [4.69, 9.17) is 17.3 Å². The van der Waals surface area contributed by atoms with Crippen LogP contribution in [0.1, 0.15) is 12.5 Å². The zero-order valence-corrected chi connectivity index (χ0v) is 13.4. The highest BCUT2D eigenvalue weighted by molar-refractivity contribution is 7.92. The van der Waals surface area contributed by atoms with Crippen LogP contribution in [0.4, 0.5) is 11.4 Å². The van der Waals surface area contributed by atoms with Crippen LogP contribution in [0.3, 0.4) is 0 Å². The van der Waals surface area contributed by atoms with Gasteiger partial charge in [-0.25, -0.2) is 8.42 Å². The summed E-state index contributed by atoms with van der Waals surface area (Å²) in [5, 5.41) is 0.306. The first kappa shape index (κ1) is 15.7. The number of halogens is 1. The van der Waals surface area contributed by atoms with Crippen molar-refractivity contribution in [3.8, 4) is 0 Å². The standard InChI is InChI=1S/C15H17ClN2O2S/c1-3-18(13-7-5-4-6-8-13)21(19,20)15-10-12(16)9-14(17)11(15)2/h4-10H,3,17H2,1-2H3. The van der Waals surface area contributed by atoms with Gasteiger partial charge in [-0.1, -0.05) is 29.8 Å². The molecule has 21 heavy (non-hydrogen) atoms. The van der Waals surface area contributed by atoms with Gasteiger partial charge in [0.25, 0.3) is 10.0 Å². The van der Waals surface area contributed by atoms with Gasteiger partial charge in [0.05, 0.1) is 10.6 Å². The average Bonchev–Trinajstić information content (AvgIpc) is 2.44. The summed E-state index contributed by atoms with van der Waals surface area (Å²) >= 11 is 5.96. The van der Waals surface area contributed by atoms with E-state index in [0.29, 0.717) is 28.5 Å². The summed E-state index contributed by atoms with van der Waals surface area (Å²) in [7, 11) is -3.71. The van der Waals surface area contributed by atoms with Crippen molar-refractivity contribution < 1.29 is 8.42 Å². The van der Waals surface area contributed by atoms with Crippen molar-refractivity contribution in [1.29, 1.82) is 0 Å². The molecule has 0 aliphatic heterocycles. The smallest absolute Gasteiger partial charge is 0.264 e. The minimum Gasteiger partial charge on any atom is -0.398 e. The first-order valence-electron chi connectivity index (χ1n) is 6.51. The summed E-state index contributed by atoms with van der Waals surface area (Å²) in [6, 6.07) is 11.9. The summed E-state index contributed by atoms with van der Waals surface area (Å²) in [5.41, 5.74) is 7.31. The van der Waals surface area contributed by atoms with Crippen LogP contribution in [0.2, 0.25) is 5.02 Å². The van der Waals surface area contributed by atoms with Crippen molar-refractivity contribution in [2.45, 2.75) is 18.7 Å². The lowest BCUT2D eigenvalue weighted by Gasteiger charge is -2.24. The van der Waals surface area contributed by atoms with Crippen LogP contribution in [0.25, 0.3) is 0 Å². The van der Waals surface area contributed by atoms with E-state index in [-0.39, 0.29) is 4.90 Å². The highest BCUT2D eigenvalue weighted by atomic mass is 35.5. The van der Waals surface area contributed by atoms with Crippen molar-refractivity contribution in [1.82, 2.24) is 0 Å². The zero-order chi connectivity index (χ0) is 15.6. The van der Waals surface area contributed by atoms with E-state index in [1.165, 1.54) is 10.4 Å². The summed E-state index contributed by atoms with van der Waals surface area (Å²) in [6.07, 6.45) is 0. The lowest BCUT2D eigenvalue weighted by molar-refractivity contribution is 0.591. The van der Waals surface area contributed by atoms with Crippen LogP contribution in [-0.4, -0.2) is 15.0 Å². The van der Waals surface area contributed by atoms with E-state index < -0.39 is 10.0 Å². The van der Waals surface area contributed by atoms with Gasteiger partial charge in [0.2, 0.25) is 0 Å². The number of benzene rings is 2. The Balaban J connectivity index is 2.61. The predicted octanol–water partition coefficient (Wildman–Crippen LogP) is 3.45. The van der Waals surface area contributed by atoms with Gasteiger partial charge in [-0.2, -0.15) is 0 Å². The molecule has 2 aromatic rings. The molecule has 0 saturated heterocycles. The number of nitrogen functional groups attached to an aromatic ring is 1. The Labute approximate surface area is 130 Å². The molecule has 2 aromatic carbocycles. The third-order valence-corrected chi connectivity index (χ3v) is 5.51. The Hall–Kier alpha value is -1.72. The summed E-state index contributed by atoms with van der Waals surface area (Å²) in [6.45, 7) is 3.78. The molecule has 0 unspecified atom stereocenters. The highest BCUT2D eigenvalue weighted by Gasteiger charge is 2.26. The van der Waals surface area contributed by atoms with Crippen molar-refractivity contribution in [2.75, 3.05) is 16.6 Å². The highest BCUT2D eigenvalue weighted by Crippen LogP contribution is 2.30. The molecule has 112 valence electrons. The summed E-state index contributed by atoms with van der Waals surface area (Å²) in [5.74, 6) is 0. The number of hydrogen-bond donors (Lipinski definition) is 1. The molecule has 4 nitrogen and oxygen atoms in total. The van der Waals surface area contributed by atoms with E-state index in [1.54, 1.807) is 44.2 Å². The summed E-state index contributed by atoms with van der Waals surface area (Å²) in [4.78, 5) is 0.137. The Bertz CT molecular complexity index is 746. The number of hydrogen-bond acceptors (Lipinski definition) is 3. The molecule has 0 saturated carbocycles. The third kappa shape index (κ3) is 2.99. The molecule has 0 aliphatic carbocycles. The topological polar surface area (TPSA) is 63.4 Å². The van der Waals surface area contributed by atoms with E-state index >= 15 is 0 Å². The number of para-hydroxylation sites is 1. The second kappa shape index (κ2) is 5.95. The molecule has 0 atom stereocenters. The number of rotatable bonds is 4. The minimum atomic E-state index is -3.71. The average molecular weight is 325 g/mol. The van der Waals surface area contributed by atoms with Gasteiger partial charge >= 0.3 is 0 Å². The maximum atomic E-state index is 12.9. The van der Waals surface area contributed by atoms with E-state index in [0.717, 1.165) is 0 Å². The lowest BCUT2D eigenvalue weighted by atomic mass is 10.2. The fourth-order valence-corrected chi connectivity index (χ4v) is 4.20. The molecule has 2 N–H and O–H groups in total. The van der Waals surface area contributed by atoms with Crippen LogP contribution >= 0.6 is 11.6 Å². The van der Waals surface area contributed by atoms with Gasteiger partial charge in [-0.3, -0.25) is 4.31 Å². The fourth-order valence-electron chi connectivity index (χ4n) is 2.15. The second-order valence-electron chi connectivity index (χ2n) is 4.62. The molecule has 0 bridgehead atoms. The first-order valence-corrected chi connectivity index (χ1v) is 8.33. The van der Waals surface area contributed by atoms with Gasteiger partial charge in [0, 0.05) is 17.3 Å². The number of sulfonamides is 1. The largest absolute Gasteiger partial charge is 0.398 e. The van der Waals surface area contributed by atoms with Crippen molar-refractivity contribution in [2.24, 2.45) is 0 Å². The van der Waals surface area contributed by atoms with E-state index in [9.17, 15) is 8.42 Å². The maximum absolute atomic E-state index is 12.9. The number of anilines is 2. The Morgan fingerprint density at radius 1 is 1.19 bits per heavy atom. The van der Waals surface area contributed by atoms with Crippen molar-refractivity contribution in [3.63, 3.8) is 0 Å². The molecule has 0 spiro atoms. The van der Waals surface area contributed by atoms with Gasteiger partial charge in [-0.05, 0) is 43.7 Å². The third-order valence-electron chi connectivity index (χ3n) is 3.26. The van der Waals surface area contributed by atoms with Gasteiger partial charge in [0.15, 0.2) is 0 Å². The first-order chi connectivity index (χ1) is 9.87. The Morgan fingerprint density at radius 2 is 1.81 bits per heavy atom. The van der Waals surface area contributed by atoms with E-state index in [2.05, 4.69) is 0 Å². The second-order valence-corrected chi connectivity index (χ2v) is 6.89. The monoisotopic (exact) mass is 324 g/mol. The van der Waals surface area contributed by atoms with Gasteiger partial charge < -0.3 is 5.73 Å². The van der Waals surface area contributed by atoms with Crippen molar-refractivity contribution in [3.05, 3.63) is 53.1 Å². The van der Waals surface area contributed by atoms with Gasteiger partial charge in [0.1, 0.15) is 0 Å².